The first-order valence-electron chi connectivity index (χ1n) is 8.96. The minimum atomic E-state index is -0.0929. The highest BCUT2D eigenvalue weighted by molar-refractivity contribution is 7.21. The van der Waals surface area contributed by atoms with E-state index in [2.05, 4.69) is 16.0 Å². The number of aromatic nitrogens is 1. The molecule has 1 saturated heterocycles. The van der Waals surface area contributed by atoms with Gasteiger partial charge >= 0.3 is 0 Å². The number of piperazine rings is 1. The van der Waals surface area contributed by atoms with Crippen LogP contribution in [0.2, 0.25) is 0 Å². The molecular formula is C20H20N6OS. The number of pyridine rings is 1. The van der Waals surface area contributed by atoms with Gasteiger partial charge in [-0.25, -0.2) is 4.98 Å². The van der Waals surface area contributed by atoms with Gasteiger partial charge in [0, 0.05) is 37.1 Å². The van der Waals surface area contributed by atoms with Crippen molar-refractivity contribution in [3.63, 3.8) is 0 Å². The molecule has 0 aliphatic carbocycles. The lowest BCUT2D eigenvalue weighted by molar-refractivity contribution is 0.0670. The van der Waals surface area contributed by atoms with E-state index in [0.717, 1.165) is 18.7 Å². The first-order valence-corrected chi connectivity index (χ1v) is 9.77. The quantitative estimate of drug-likeness (QED) is 0.692. The van der Waals surface area contributed by atoms with Crippen molar-refractivity contribution in [1.82, 2.24) is 14.8 Å². The smallest absolute Gasteiger partial charge is 0.266 e. The predicted molar refractivity (Wildman–Crippen MR) is 112 cm³/mol. The van der Waals surface area contributed by atoms with Crippen LogP contribution in [0.4, 0.5) is 11.5 Å². The summed E-state index contributed by atoms with van der Waals surface area (Å²) in [6.45, 7) is 2.98. The molecule has 0 radical (unpaired) electrons. The van der Waals surface area contributed by atoms with Crippen LogP contribution in [0.3, 0.4) is 0 Å². The summed E-state index contributed by atoms with van der Waals surface area (Å²) in [7, 11) is 2.04. The Morgan fingerprint density at radius 2 is 1.86 bits per heavy atom. The maximum absolute atomic E-state index is 13.1. The Bertz CT molecular complexity index is 1090. The maximum atomic E-state index is 13.1. The number of anilines is 2. The third kappa shape index (κ3) is 2.95. The molecule has 1 fully saturated rings. The van der Waals surface area contributed by atoms with Crippen molar-refractivity contribution in [2.45, 2.75) is 0 Å². The number of benzene rings is 1. The summed E-state index contributed by atoms with van der Waals surface area (Å²) < 4.78 is 0. The molecule has 4 N–H and O–H groups in total. The number of likely N-dealkylation sites (N-methyl/N-ethyl adjacent to an activating group) is 1. The van der Waals surface area contributed by atoms with Crippen LogP contribution in [0, 0.1) is 11.3 Å². The number of nitrogen functional groups attached to an aromatic ring is 2. The van der Waals surface area contributed by atoms with Crippen LogP contribution < -0.4 is 11.5 Å². The number of fused-ring (bicyclic) bond motifs is 1. The molecule has 1 aromatic carbocycles. The minimum Gasteiger partial charge on any atom is -0.397 e. The molecule has 4 rings (SSSR count). The average molecular weight is 392 g/mol. The molecule has 1 aliphatic rings. The van der Waals surface area contributed by atoms with Crippen molar-refractivity contribution in [2.24, 2.45) is 0 Å². The first-order chi connectivity index (χ1) is 13.5. The van der Waals surface area contributed by atoms with E-state index in [9.17, 15) is 10.1 Å². The third-order valence-electron chi connectivity index (χ3n) is 5.06. The number of hydrogen-bond donors (Lipinski definition) is 2. The highest BCUT2D eigenvalue weighted by atomic mass is 32.1. The van der Waals surface area contributed by atoms with Crippen LogP contribution >= 0.6 is 11.3 Å². The molecule has 1 amide bonds. The second-order valence-electron chi connectivity index (χ2n) is 6.85. The zero-order chi connectivity index (χ0) is 19.8. The lowest BCUT2D eigenvalue weighted by Crippen LogP contribution is -2.47. The van der Waals surface area contributed by atoms with Crippen LogP contribution in [0.15, 0.2) is 30.3 Å². The number of thiophene rings is 1. The maximum Gasteiger partial charge on any atom is 0.266 e. The fraction of sp³-hybridized carbons (Fsp3) is 0.250. The summed E-state index contributed by atoms with van der Waals surface area (Å²) in [4.78, 5) is 22.5. The zero-order valence-corrected chi connectivity index (χ0v) is 16.3. The van der Waals surface area contributed by atoms with Gasteiger partial charge in [-0.15, -0.1) is 11.3 Å². The Labute approximate surface area is 166 Å². The van der Waals surface area contributed by atoms with Gasteiger partial charge in [0.05, 0.1) is 5.69 Å². The second kappa shape index (κ2) is 7.11. The monoisotopic (exact) mass is 392 g/mol. The van der Waals surface area contributed by atoms with Crippen molar-refractivity contribution < 1.29 is 4.79 Å². The van der Waals surface area contributed by atoms with E-state index >= 15 is 0 Å². The van der Waals surface area contributed by atoms with Gasteiger partial charge in [0.15, 0.2) is 0 Å². The van der Waals surface area contributed by atoms with Gasteiger partial charge < -0.3 is 21.3 Å². The van der Waals surface area contributed by atoms with Gasteiger partial charge in [-0.2, -0.15) is 5.26 Å². The molecule has 0 spiro atoms. The lowest BCUT2D eigenvalue weighted by Gasteiger charge is -2.32. The Morgan fingerprint density at radius 1 is 1.18 bits per heavy atom. The Hall–Kier alpha value is -3.15. The Morgan fingerprint density at radius 3 is 2.50 bits per heavy atom. The minimum absolute atomic E-state index is 0.0929. The summed E-state index contributed by atoms with van der Waals surface area (Å²) in [5.74, 6) is 0.0541. The molecular weight excluding hydrogens is 372 g/mol. The van der Waals surface area contributed by atoms with E-state index in [4.69, 9.17) is 11.5 Å². The molecule has 3 heterocycles. The number of carbonyl (C=O) groups is 1. The molecule has 2 aromatic heterocycles. The Kier molecular flexibility index (Phi) is 4.63. The summed E-state index contributed by atoms with van der Waals surface area (Å²) in [5.41, 5.74) is 14.6. The fourth-order valence-corrected chi connectivity index (χ4v) is 4.57. The molecule has 0 atom stereocenters. The molecule has 0 bridgehead atoms. The van der Waals surface area contributed by atoms with E-state index in [1.165, 1.54) is 11.3 Å². The molecule has 28 heavy (non-hydrogen) atoms. The lowest BCUT2D eigenvalue weighted by atomic mass is 9.97. The highest BCUT2D eigenvalue weighted by Gasteiger charge is 2.28. The molecule has 0 unspecified atom stereocenters. The van der Waals surface area contributed by atoms with Gasteiger partial charge in [-0.1, -0.05) is 30.3 Å². The van der Waals surface area contributed by atoms with Crippen molar-refractivity contribution in [3.8, 4) is 17.2 Å². The fourth-order valence-electron chi connectivity index (χ4n) is 3.49. The van der Waals surface area contributed by atoms with E-state index in [1.807, 2.05) is 42.3 Å². The molecule has 0 saturated carbocycles. The number of carbonyl (C=O) groups excluding carboxylic acids is 1. The molecule has 7 nitrogen and oxygen atoms in total. The third-order valence-corrected chi connectivity index (χ3v) is 6.15. The highest BCUT2D eigenvalue weighted by Crippen LogP contribution is 2.42. The number of nitrogens with zero attached hydrogens (tertiary/aromatic N) is 4. The van der Waals surface area contributed by atoms with Crippen molar-refractivity contribution in [2.75, 3.05) is 44.7 Å². The summed E-state index contributed by atoms with van der Waals surface area (Å²) in [6, 6.07) is 11.6. The average Bonchev–Trinajstić information content (AvgIpc) is 3.03. The molecule has 142 valence electrons. The normalized spacial score (nSPS) is 14.9. The summed E-state index contributed by atoms with van der Waals surface area (Å²) in [6.07, 6.45) is 0. The molecule has 8 heteroatoms. The van der Waals surface area contributed by atoms with Crippen LogP contribution in [0.1, 0.15) is 15.2 Å². The predicted octanol–water partition coefficient (Wildman–Crippen LogP) is 2.39. The number of amides is 1. The van der Waals surface area contributed by atoms with Crippen LogP contribution in [-0.2, 0) is 0 Å². The van der Waals surface area contributed by atoms with Gasteiger partial charge in [0.25, 0.3) is 5.91 Å². The molecule has 3 aromatic rings. The van der Waals surface area contributed by atoms with Crippen molar-refractivity contribution >= 4 is 39.0 Å². The number of hydrogen-bond acceptors (Lipinski definition) is 7. The first kappa shape index (κ1) is 18.2. The summed E-state index contributed by atoms with van der Waals surface area (Å²) in [5, 5.41) is 10.3. The number of nitriles is 1. The topological polar surface area (TPSA) is 112 Å². The SMILES string of the molecule is CN1CCN(C(=O)c2sc3nc(N)c(C#N)c(-c4ccccc4)c3c2N)CC1. The second-order valence-corrected chi connectivity index (χ2v) is 7.84. The van der Waals surface area contributed by atoms with Crippen molar-refractivity contribution in [1.29, 1.82) is 5.26 Å². The van der Waals surface area contributed by atoms with Crippen molar-refractivity contribution in [3.05, 3.63) is 40.8 Å². The van der Waals surface area contributed by atoms with Crippen LogP contribution in [0.25, 0.3) is 21.3 Å². The van der Waals surface area contributed by atoms with Gasteiger partial charge in [-0.05, 0) is 12.6 Å². The van der Waals surface area contributed by atoms with E-state index in [1.54, 1.807) is 0 Å². The number of rotatable bonds is 2. The van der Waals surface area contributed by atoms with Gasteiger partial charge in [0.1, 0.15) is 27.2 Å². The van der Waals surface area contributed by atoms with E-state index in [-0.39, 0.29) is 17.3 Å². The van der Waals surface area contributed by atoms with Gasteiger partial charge in [-0.3, -0.25) is 4.79 Å². The summed E-state index contributed by atoms with van der Waals surface area (Å²) >= 11 is 1.24. The van der Waals surface area contributed by atoms with Gasteiger partial charge in [0.2, 0.25) is 0 Å². The Balaban J connectivity index is 1.90. The largest absolute Gasteiger partial charge is 0.397 e. The van der Waals surface area contributed by atoms with Crippen LogP contribution in [0.5, 0.6) is 0 Å². The number of nitrogens with two attached hydrogens (primary N) is 2. The van der Waals surface area contributed by atoms with Crippen LogP contribution in [-0.4, -0.2) is 53.9 Å². The zero-order valence-electron chi connectivity index (χ0n) is 15.5. The van der Waals surface area contributed by atoms with E-state index < -0.39 is 0 Å². The standard InChI is InChI=1S/C20H20N6OS/c1-25-7-9-26(10-8-25)20(27)17-16(22)15-14(12-5-3-2-4-6-12)13(11-21)18(23)24-19(15)28-17/h2-6H,7-10,22H2,1H3,(H2,23,24). The molecule has 1 aliphatic heterocycles. The van der Waals surface area contributed by atoms with E-state index in [0.29, 0.717) is 39.4 Å².